The Kier molecular flexibility index (Phi) is 23.5. The van der Waals surface area contributed by atoms with Crippen LogP contribution in [0.2, 0.25) is 0 Å². The monoisotopic (exact) mass is 1410 g/mol. The van der Waals surface area contributed by atoms with Gasteiger partial charge in [0.15, 0.2) is 17.4 Å². The van der Waals surface area contributed by atoms with Crippen LogP contribution in [-0.4, -0.2) is 99.3 Å². The maximum Gasteiger partial charge on any atom is 0.410 e. The maximum absolute atomic E-state index is 13.3. The molecule has 2 atom stereocenters. The minimum Gasteiger partial charge on any atom is -0.444 e. The quantitative estimate of drug-likeness (QED) is 0.0276. The van der Waals surface area contributed by atoms with Crippen molar-refractivity contribution < 1.29 is 56.2 Å². The number of halogens is 2. The second-order valence-electron chi connectivity index (χ2n) is 26.6. The molecule has 2 aliphatic rings. The predicted octanol–water partition coefficient (Wildman–Crippen LogP) is 15.4. The highest BCUT2D eigenvalue weighted by Crippen LogP contribution is 2.43. The summed E-state index contributed by atoms with van der Waals surface area (Å²) in [6, 6.07) is 49.7. The molecule has 12 rings (SSSR count). The van der Waals surface area contributed by atoms with Crippen molar-refractivity contribution in [3.8, 4) is 44.8 Å². The summed E-state index contributed by atoms with van der Waals surface area (Å²) in [5.41, 5.74) is 5.21. The van der Waals surface area contributed by atoms with Crippen LogP contribution in [0.25, 0.3) is 44.8 Å². The number of Topliss-reactive ketones (excluding diaryl/α,β-unsaturated/α-hetero) is 2. The van der Waals surface area contributed by atoms with E-state index in [0.29, 0.717) is 99.2 Å². The fraction of sp³-hybridized carbons (Fsp3) is 0.256. The first kappa shape index (κ1) is 74.4. The van der Waals surface area contributed by atoms with Gasteiger partial charge in [-0.2, -0.15) is 0 Å². The second kappa shape index (κ2) is 32.5. The van der Waals surface area contributed by atoms with Crippen molar-refractivity contribution >= 4 is 65.2 Å². The van der Waals surface area contributed by atoms with Gasteiger partial charge in [0.25, 0.3) is 19.2 Å². The van der Waals surface area contributed by atoms with Crippen LogP contribution in [0.1, 0.15) is 159 Å². The molecule has 22 nitrogen and oxygen atoms in total. The first-order valence-electron chi connectivity index (χ1n) is 33.5. The molecular formula is C78H81F2N12O10P. The number of nitrogens with one attached hydrogen (secondary N) is 3. The third-order valence-corrected chi connectivity index (χ3v) is 19.0. The van der Waals surface area contributed by atoms with E-state index in [1.807, 2.05) is 77.9 Å². The Hall–Kier alpha value is -11.3. The zero-order valence-corrected chi connectivity index (χ0v) is 59.3. The van der Waals surface area contributed by atoms with E-state index in [-0.39, 0.29) is 46.8 Å². The molecule has 2 saturated heterocycles. The Labute approximate surface area is 595 Å². The molecule has 0 bridgehead atoms. The maximum atomic E-state index is 13.3. The number of carbonyl (C=O) groups excluding carboxylic acids is 6. The Morgan fingerprint density at radius 3 is 1.36 bits per heavy atom. The summed E-state index contributed by atoms with van der Waals surface area (Å²) in [5.74, 6) is 11.4. The zero-order valence-electron chi connectivity index (χ0n) is 58.4. The van der Waals surface area contributed by atoms with Gasteiger partial charge in [0.1, 0.15) is 57.4 Å². The first-order chi connectivity index (χ1) is 49.2. The summed E-state index contributed by atoms with van der Waals surface area (Å²) in [5, 5.41) is 6.79. The van der Waals surface area contributed by atoms with Crippen molar-refractivity contribution in [3.63, 3.8) is 0 Å². The van der Waals surface area contributed by atoms with Crippen molar-refractivity contribution in [2.45, 2.75) is 117 Å². The van der Waals surface area contributed by atoms with Crippen molar-refractivity contribution in [2.24, 2.45) is 5.90 Å². The van der Waals surface area contributed by atoms with Gasteiger partial charge in [-0.25, -0.2) is 53.5 Å². The number of H-pyrrole nitrogens is 1. The number of piperidine rings is 2. The normalized spacial score (nSPS) is 14.6. The molecule has 0 saturated carbocycles. The summed E-state index contributed by atoms with van der Waals surface area (Å²) >= 11 is 0. The number of ether oxygens (including phenoxy) is 2. The van der Waals surface area contributed by atoms with Gasteiger partial charge >= 0.3 is 12.2 Å². The lowest BCUT2D eigenvalue weighted by Gasteiger charge is -2.36. The number of benzene rings is 6. The molecule has 0 unspecified atom stereocenters. The number of aromatic amines is 1. The minimum atomic E-state index is -3.13. The molecule has 4 amide bonds. The number of anilines is 2. The molecule has 0 aliphatic carbocycles. The molecule has 4 aromatic heterocycles. The SMILES string of the molecule is CC(=O)c1[nH]c([C@@H]2CCCCN2C(=O)OC(C)(C)C)nc1-c1ccc(C(=O)Nc2cc(-c3ccc(F)cc3)ccn2)cc1.CC(=O)c1c(-c2ccc(C(=O)Nc3cc(-c4ccc(F)cc4)ccn3)cc2)nc([C@@H]2CCCCN2C(=O)OC(C)(C)C)n1N.NOP(=O)(c1ccccc1)c1ccccc1. The third-order valence-electron chi connectivity index (χ3n) is 16.8. The minimum absolute atomic E-state index is 0.192. The number of amides is 4. The van der Waals surface area contributed by atoms with Gasteiger partial charge in [0.2, 0.25) is 0 Å². The molecule has 10 aromatic rings. The first-order valence-corrected chi connectivity index (χ1v) is 35.2. The number of nitrogens with zero attached hydrogens (tertiary/aromatic N) is 7. The fourth-order valence-corrected chi connectivity index (χ4v) is 13.5. The van der Waals surface area contributed by atoms with Gasteiger partial charge in [0.05, 0.1) is 17.8 Å². The highest BCUT2D eigenvalue weighted by atomic mass is 31.2. The van der Waals surface area contributed by atoms with E-state index in [9.17, 15) is 42.1 Å². The van der Waals surface area contributed by atoms with E-state index >= 15 is 0 Å². The lowest BCUT2D eigenvalue weighted by atomic mass is 10.0. The van der Waals surface area contributed by atoms with Crippen molar-refractivity contribution in [1.29, 1.82) is 0 Å². The number of nitrogens with two attached hydrogens (primary N) is 2. The summed E-state index contributed by atoms with van der Waals surface area (Å²) in [6.07, 6.45) is 7.06. The van der Waals surface area contributed by atoms with Gasteiger partial charge in [-0.1, -0.05) is 84.9 Å². The number of nitrogen functional groups attached to an aromatic ring is 1. The van der Waals surface area contributed by atoms with E-state index < -0.39 is 36.8 Å². The van der Waals surface area contributed by atoms with Gasteiger partial charge in [-0.3, -0.25) is 33.5 Å². The van der Waals surface area contributed by atoms with Gasteiger partial charge < -0.3 is 30.9 Å². The zero-order chi connectivity index (χ0) is 73.8. The van der Waals surface area contributed by atoms with Crippen LogP contribution in [0.4, 0.5) is 30.0 Å². The average Bonchev–Trinajstić information content (AvgIpc) is 1.64. The standard InChI is InChI=1S/C33H35FN6O4.C33H34FN5O4.C12H12NO2P/c1-20(41)29-28(38-30(40(29)35)26-7-5-6-18-39(26)32(43)44-33(2,3)4)22-8-10-23(11-9-22)31(42)37-27-19-24(16-17-36-27)21-12-14-25(34)15-13-21;1-20(40)28-29(38-30(37-28)26-7-5-6-18-39(26)32(42)43-33(2,3)4)22-8-10-23(11-9-22)31(41)36-27-19-24(16-17-35-27)21-12-14-25(34)15-13-21;13-15-16(14,11-7-3-1-4-8-11)12-9-5-2-6-10-12/h8-17,19,26H,5-7,18,35H2,1-4H3,(H,36,37,42);8-17,19,26H,5-7,18H2,1-4H3,(H,37,38)(H,35,36,41);1-10H,13H2/t2*26-;/m00./s1. The van der Waals surface area contributed by atoms with Crippen LogP contribution in [0.3, 0.4) is 0 Å². The van der Waals surface area contributed by atoms with Crippen LogP contribution in [-0.2, 0) is 18.7 Å². The van der Waals surface area contributed by atoms with E-state index in [2.05, 4.69) is 25.6 Å². The van der Waals surface area contributed by atoms with E-state index in [0.717, 1.165) is 47.9 Å². The molecule has 2 fully saturated rings. The largest absolute Gasteiger partial charge is 0.444 e. The highest BCUT2D eigenvalue weighted by Gasteiger charge is 2.38. The number of ketones is 2. The van der Waals surface area contributed by atoms with Crippen LogP contribution in [0.5, 0.6) is 0 Å². The molecule has 6 heterocycles. The number of hydrogen-bond acceptors (Lipinski definition) is 16. The number of aromatic nitrogens is 6. The molecule has 0 spiro atoms. The number of pyridine rings is 2. The van der Waals surface area contributed by atoms with Crippen molar-refractivity contribution in [2.75, 3.05) is 29.6 Å². The van der Waals surface area contributed by atoms with E-state index in [4.69, 9.17) is 35.8 Å². The fourth-order valence-electron chi connectivity index (χ4n) is 11.8. The lowest BCUT2D eigenvalue weighted by Crippen LogP contribution is -2.43. The number of carbonyl (C=O) groups is 6. The molecular weight excluding hydrogens is 1330 g/mol. The molecule has 532 valence electrons. The number of likely N-dealkylation sites (tertiary alicyclic amines) is 2. The number of rotatable bonds is 15. The van der Waals surface area contributed by atoms with Crippen LogP contribution < -0.4 is 33.0 Å². The topological polar surface area (TPSA) is 302 Å². The average molecular weight is 1420 g/mol. The molecule has 0 radical (unpaired) electrons. The number of hydrogen-bond donors (Lipinski definition) is 5. The summed E-state index contributed by atoms with van der Waals surface area (Å²) in [7, 11) is -3.13. The molecule has 103 heavy (non-hydrogen) atoms. The van der Waals surface area contributed by atoms with Crippen LogP contribution in [0.15, 0.2) is 194 Å². The lowest BCUT2D eigenvalue weighted by molar-refractivity contribution is 0.00739. The number of imidazole rings is 2. The smallest absolute Gasteiger partial charge is 0.410 e. The summed E-state index contributed by atoms with van der Waals surface area (Å²) in [4.78, 5) is 102. The Balaban J connectivity index is 0.000000182. The van der Waals surface area contributed by atoms with Gasteiger partial charge in [-0.05, 0) is 199 Å². The Bertz CT molecular complexity index is 4670. The van der Waals surface area contributed by atoms with Crippen LogP contribution in [0, 0.1) is 11.6 Å². The van der Waals surface area contributed by atoms with Gasteiger partial charge in [0, 0.05) is 72.2 Å². The molecule has 25 heteroatoms. The molecule has 6 aromatic carbocycles. The molecule has 7 N–H and O–H groups in total. The summed E-state index contributed by atoms with van der Waals surface area (Å²) < 4.78 is 56.6. The third kappa shape index (κ3) is 18.6. The van der Waals surface area contributed by atoms with Crippen molar-refractivity contribution in [3.05, 3.63) is 240 Å². The van der Waals surface area contributed by atoms with Crippen LogP contribution >= 0.6 is 7.37 Å². The van der Waals surface area contributed by atoms with E-state index in [1.165, 1.54) is 42.8 Å². The second-order valence-corrected chi connectivity index (χ2v) is 29.0. The Morgan fingerprint density at radius 1 is 0.524 bits per heavy atom. The highest BCUT2D eigenvalue weighted by molar-refractivity contribution is 7.74. The van der Waals surface area contributed by atoms with E-state index in [1.54, 1.807) is 144 Å². The van der Waals surface area contributed by atoms with Crippen molar-refractivity contribution in [1.82, 2.24) is 39.4 Å². The predicted molar refractivity (Wildman–Crippen MR) is 391 cm³/mol. The molecule has 2 aliphatic heterocycles. The van der Waals surface area contributed by atoms with Gasteiger partial charge in [-0.15, -0.1) is 0 Å². The summed E-state index contributed by atoms with van der Waals surface area (Å²) in [6.45, 7) is 14.8. The Morgan fingerprint density at radius 2 is 0.942 bits per heavy atom.